The normalized spacial score (nSPS) is 11.1. The maximum Gasteiger partial charge on any atom is 0.339 e. The quantitative estimate of drug-likeness (QED) is 0.0206. The molecule has 1 aliphatic rings. The smallest absolute Gasteiger partial charge is 0.339 e. The summed E-state index contributed by atoms with van der Waals surface area (Å²) in [6, 6.07) is 32.4. The van der Waals surface area contributed by atoms with Crippen molar-refractivity contribution < 1.29 is 85.4 Å². The lowest BCUT2D eigenvalue weighted by Gasteiger charge is -2.23. The molecule has 4 aromatic carbocycles. The Bertz CT molecular complexity index is 4750. The molecule has 11 aromatic rings. The summed E-state index contributed by atoms with van der Waals surface area (Å²) >= 11 is 25.8. The Kier molecular flexibility index (Phi) is 27.9. The van der Waals surface area contributed by atoms with Crippen LogP contribution in [0.3, 0.4) is 0 Å². The number of hydrogen-bond donors (Lipinski definition) is 3. The molecular formula is C68H53BrCl4FN9O17. The van der Waals surface area contributed by atoms with Crippen molar-refractivity contribution in [2.45, 2.75) is 6.42 Å². The molecule has 8 heterocycles. The second-order valence-electron chi connectivity index (χ2n) is 19.6. The topological polar surface area (TPSA) is 361 Å². The molecular weight excluding hydrogens is 1460 g/mol. The number of pyridine rings is 5. The number of benzene rings is 4. The fourth-order valence-corrected chi connectivity index (χ4v) is 9.46. The molecule has 0 radical (unpaired) electrons. The van der Waals surface area contributed by atoms with Crippen LogP contribution in [0, 0.1) is 5.82 Å². The lowest BCUT2D eigenvalue weighted by Crippen LogP contribution is -2.20. The highest BCUT2D eigenvalue weighted by Gasteiger charge is 2.25. The van der Waals surface area contributed by atoms with Gasteiger partial charge in [-0.3, -0.25) is 4.79 Å². The Morgan fingerprint density at radius 3 is 1.59 bits per heavy atom. The van der Waals surface area contributed by atoms with Gasteiger partial charge in [0.05, 0.1) is 96.9 Å². The zero-order valence-electron chi connectivity index (χ0n) is 52.7. The number of phenolic OH excluding ortho intramolecular Hbond substituents is 1. The number of para-hydroxylation sites is 6. The van der Waals surface area contributed by atoms with E-state index in [1.54, 1.807) is 53.4 Å². The zero-order chi connectivity index (χ0) is 72.6. The van der Waals surface area contributed by atoms with E-state index in [0.29, 0.717) is 98.1 Å². The van der Waals surface area contributed by atoms with Crippen LogP contribution in [0.15, 0.2) is 172 Å². The highest BCUT2D eigenvalue weighted by atomic mass is 79.9. The van der Waals surface area contributed by atoms with Crippen molar-refractivity contribution in [3.8, 4) is 34.4 Å². The molecule has 0 atom stereocenters. The first kappa shape index (κ1) is 75.9. The summed E-state index contributed by atoms with van der Waals surface area (Å²) in [7, 11) is 6.35. The number of nitrogens with zero attached hydrogens (tertiary/aromatic N) is 8. The van der Waals surface area contributed by atoms with Gasteiger partial charge >= 0.3 is 35.8 Å². The number of methoxy groups -OCH3 is 5. The molecule has 0 amide bonds. The van der Waals surface area contributed by atoms with Crippen molar-refractivity contribution in [2.75, 3.05) is 59.3 Å². The molecule has 12 rings (SSSR count). The number of carboxylic acids is 1. The first-order valence-corrected chi connectivity index (χ1v) is 30.8. The molecule has 0 spiro atoms. The van der Waals surface area contributed by atoms with Crippen LogP contribution >= 0.6 is 62.3 Å². The number of nitrogen functional groups attached to an aromatic ring is 1. The summed E-state index contributed by atoms with van der Waals surface area (Å²) in [6.07, 6.45) is 10.7. The second kappa shape index (κ2) is 36.8. The van der Waals surface area contributed by atoms with E-state index < -0.39 is 41.6 Å². The van der Waals surface area contributed by atoms with Crippen molar-refractivity contribution >= 4 is 150 Å². The van der Waals surface area contributed by atoms with Crippen LogP contribution in [-0.2, 0) is 28.5 Å². The highest BCUT2D eigenvalue weighted by molar-refractivity contribution is 9.10. The van der Waals surface area contributed by atoms with Gasteiger partial charge in [-0.25, -0.2) is 68.0 Å². The third-order valence-electron chi connectivity index (χ3n) is 13.2. The lowest BCUT2D eigenvalue weighted by molar-refractivity contribution is -0.134. The van der Waals surface area contributed by atoms with E-state index in [1.165, 1.54) is 121 Å². The Morgan fingerprint density at radius 2 is 1.06 bits per heavy atom. The van der Waals surface area contributed by atoms with Gasteiger partial charge in [-0.15, -0.1) is 0 Å². The average molecular weight is 1510 g/mol. The van der Waals surface area contributed by atoms with E-state index >= 15 is 0 Å². The van der Waals surface area contributed by atoms with E-state index in [-0.39, 0.29) is 65.6 Å². The number of ether oxygens (including phenoxy) is 6. The number of aromatic nitrogens is 7. The number of nitrogens with two attached hydrogens (primary N) is 1. The number of fused-ring (bicyclic) bond motifs is 3. The van der Waals surface area contributed by atoms with Gasteiger partial charge in [-0.05, 0) is 107 Å². The van der Waals surface area contributed by atoms with E-state index in [4.69, 9.17) is 75.6 Å². The number of aromatic carboxylic acids is 1. The summed E-state index contributed by atoms with van der Waals surface area (Å²) < 4.78 is 54.2. The maximum atomic E-state index is 13.9. The van der Waals surface area contributed by atoms with Gasteiger partial charge in [-0.1, -0.05) is 82.8 Å². The number of carbonyl (C=O) groups excluding carboxylic acids is 6. The van der Waals surface area contributed by atoms with Crippen LogP contribution < -0.4 is 15.4 Å². The molecule has 0 aliphatic carbocycles. The minimum atomic E-state index is -1.14. The molecule has 4 N–H and O–H groups in total. The molecule has 0 saturated heterocycles. The number of halogens is 6. The van der Waals surface area contributed by atoms with Crippen molar-refractivity contribution in [2.24, 2.45) is 0 Å². The number of phenols is 1. The first-order valence-electron chi connectivity index (χ1n) is 28.5. The largest absolute Gasteiger partial charge is 0.506 e. The van der Waals surface area contributed by atoms with Gasteiger partial charge < -0.3 is 58.1 Å². The number of carbonyl (C=O) groups is 7. The van der Waals surface area contributed by atoms with E-state index in [1.807, 2.05) is 30.3 Å². The third kappa shape index (κ3) is 20.6. The summed E-state index contributed by atoms with van der Waals surface area (Å²) in [4.78, 5) is 109. The Morgan fingerprint density at radius 1 is 0.580 bits per heavy atom. The number of aldehydes is 1. The van der Waals surface area contributed by atoms with Crippen molar-refractivity contribution in [1.82, 2.24) is 34.9 Å². The second-order valence-corrected chi connectivity index (χ2v) is 22.0. The highest BCUT2D eigenvalue weighted by Crippen LogP contribution is 2.38. The Hall–Kier alpha value is -11.4. The summed E-state index contributed by atoms with van der Waals surface area (Å²) in [5.41, 5.74) is 11.0. The van der Waals surface area contributed by atoms with Gasteiger partial charge in [0, 0.05) is 60.8 Å². The van der Waals surface area contributed by atoms with Gasteiger partial charge in [-0.2, -0.15) is 0 Å². The van der Waals surface area contributed by atoms with Crippen LogP contribution in [-0.4, -0.2) is 136 Å². The minimum absolute atomic E-state index is 0.00493. The van der Waals surface area contributed by atoms with Crippen LogP contribution in [0.5, 0.6) is 11.5 Å². The molecule has 32 heteroatoms. The molecule has 7 aromatic heterocycles. The Labute approximate surface area is 595 Å². The SMILES string of the molecule is COC(=O)/C=C/c1cnc(Cl)cc1C(=O)OC.COC(=O)c1cc(Cl)ncc1-c1nc2ccccc2o1.COC(=O)c1cc(Cl)ncc1Br.COC(=O)c1cc(Cl)ncc1C=O.Nc1ccccc1O.O=C(O)c1cc(N2CCCOc3ccc(F)cc32)ncc1-c1nc2ccccc2o1. The van der Waals surface area contributed by atoms with Gasteiger partial charge in [0.2, 0.25) is 11.8 Å². The molecule has 100 heavy (non-hydrogen) atoms. The van der Waals surface area contributed by atoms with E-state index in [2.05, 4.69) is 69.8 Å². The number of aromatic hydroxyl groups is 1. The molecule has 0 saturated carbocycles. The van der Waals surface area contributed by atoms with Crippen LogP contribution in [0.25, 0.3) is 51.2 Å². The monoisotopic (exact) mass is 1510 g/mol. The fourth-order valence-electron chi connectivity index (χ4n) is 8.45. The van der Waals surface area contributed by atoms with Crippen molar-refractivity contribution in [3.05, 3.63) is 228 Å². The lowest BCUT2D eigenvalue weighted by atomic mass is 10.1. The van der Waals surface area contributed by atoms with Crippen LogP contribution in [0.2, 0.25) is 20.6 Å². The predicted molar refractivity (Wildman–Crippen MR) is 370 cm³/mol. The number of rotatable bonds is 11. The fraction of sp³-hybridized carbons (Fsp3) is 0.118. The van der Waals surface area contributed by atoms with Gasteiger partial charge in [0.25, 0.3) is 0 Å². The number of anilines is 3. The first-order chi connectivity index (χ1) is 48.0. The van der Waals surface area contributed by atoms with Gasteiger partial charge in [0.15, 0.2) is 17.5 Å². The Balaban J connectivity index is 0.000000177. The van der Waals surface area contributed by atoms with E-state index in [9.17, 15) is 43.1 Å². The minimum Gasteiger partial charge on any atom is -0.506 e. The summed E-state index contributed by atoms with van der Waals surface area (Å²) in [5.74, 6) is -2.67. The van der Waals surface area contributed by atoms with Crippen LogP contribution in [0.1, 0.15) is 74.1 Å². The third-order valence-corrected chi connectivity index (χ3v) is 14.7. The number of oxazole rings is 2. The molecule has 514 valence electrons. The maximum absolute atomic E-state index is 13.9. The molecule has 0 fully saturated rings. The molecule has 0 bridgehead atoms. The van der Waals surface area contributed by atoms with Crippen molar-refractivity contribution in [1.29, 1.82) is 0 Å². The number of hydrogen-bond acceptors (Lipinski definition) is 25. The standard InChI is InChI=1S/C22H16FN3O4.C14H9ClN2O3.C11H10ClNO4.C8H6ClNO3.C7H5BrClNO2.C6H7NO/c23-13-6-7-19-17(10-13)26(8-3-9-29-19)20-11-14(22(27)28)15(12-24-20)21-25-16-4-1-2-5-18(16)30-21;1-19-14(18)8-6-12(15)16-7-9(8)13-17-10-4-2-3-5-11(10)20-13;1-16-10(14)4-3-7-6-13-9(12)5-8(7)11(15)17-2;1-13-8(12)6-2-7(9)10-3-5(6)4-11;1-12-7(11)4-2-6(9)10-3-5(4)8;7-5-3-1-2-4-6(5)8/h1-2,4-7,10-12H,3,8-9H2,(H,27,28);2-7H,1H3;3-6H,1-2H3;2-4H,1H3;2-3H,1H3;1-4,8H,7H2/b;;4-3+;;;. The zero-order valence-corrected chi connectivity index (χ0v) is 57.3. The summed E-state index contributed by atoms with van der Waals surface area (Å²) in [6.45, 7) is 0.979. The molecule has 26 nitrogen and oxygen atoms in total. The van der Waals surface area contributed by atoms with Gasteiger partial charge in [0.1, 0.15) is 54.8 Å². The molecule has 0 unspecified atom stereocenters. The molecule has 1 aliphatic heterocycles. The number of esters is 5. The van der Waals surface area contributed by atoms with Crippen molar-refractivity contribution in [3.63, 3.8) is 0 Å². The van der Waals surface area contributed by atoms with E-state index in [0.717, 1.165) is 0 Å². The number of carboxylic acid groups (broad SMARTS) is 1. The summed E-state index contributed by atoms with van der Waals surface area (Å²) in [5, 5.41) is 19.4. The predicted octanol–water partition coefficient (Wildman–Crippen LogP) is 14.3. The van der Waals surface area contributed by atoms with Crippen LogP contribution in [0.4, 0.5) is 21.6 Å². The average Bonchev–Trinajstić information content (AvgIpc) is 1.79.